The van der Waals surface area contributed by atoms with Gasteiger partial charge >= 0.3 is 0 Å². The van der Waals surface area contributed by atoms with Crippen LogP contribution >= 0.6 is 39.1 Å². The summed E-state index contributed by atoms with van der Waals surface area (Å²) in [5, 5.41) is 11.3. The highest BCUT2D eigenvalue weighted by molar-refractivity contribution is 9.10. The van der Waals surface area contributed by atoms with Crippen molar-refractivity contribution in [2.75, 3.05) is 14.2 Å². The van der Waals surface area contributed by atoms with E-state index in [0.717, 1.165) is 37.0 Å². The molecule has 1 aromatic rings. The lowest BCUT2D eigenvalue weighted by Gasteiger charge is -2.50. The Balaban J connectivity index is 1.53. The first-order chi connectivity index (χ1) is 18.5. The molecule has 39 heavy (non-hydrogen) atoms. The van der Waals surface area contributed by atoms with Crippen molar-refractivity contribution in [2.45, 2.75) is 66.7 Å². The van der Waals surface area contributed by atoms with Gasteiger partial charge in [0.2, 0.25) is 11.8 Å². The number of methoxy groups -OCH3 is 1. The molecule has 11 heteroatoms. The number of allylic oxidation sites excluding steroid dienone is 2. The largest absolute Gasteiger partial charge is 0.504 e. The number of amides is 4. The highest BCUT2D eigenvalue weighted by Crippen LogP contribution is 2.66. The number of ether oxygens (including phenoxy) is 1. The van der Waals surface area contributed by atoms with Gasteiger partial charge < -0.3 is 9.84 Å². The zero-order valence-corrected chi connectivity index (χ0v) is 24.7. The van der Waals surface area contributed by atoms with E-state index in [9.17, 15) is 24.3 Å². The van der Waals surface area contributed by atoms with Crippen LogP contribution in [0, 0.1) is 17.8 Å². The van der Waals surface area contributed by atoms with Crippen molar-refractivity contribution < 1.29 is 29.0 Å². The summed E-state index contributed by atoms with van der Waals surface area (Å²) >= 11 is 17.8. The SMILES string of the molecule is COc1cc(Br)cc(C2C3=CCC4C(=O)N(C5CCCCC5)C(=O)C4C3CC3(Cl)C(=O)N(C)C(=O)C23Cl)c1O. The minimum atomic E-state index is -1.96. The van der Waals surface area contributed by atoms with Crippen LogP contribution in [0.1, 0.15) is 56.4 Å². The van der Waals surface area contributed by atoms with Crippen molar-refractivity contribution in [1.82, 2.24) is 9.80 Å². The van der Waals surface area contributed by atoms with Crippen molar-refractivity contribution in [3.63, 3.8) is 0 Å². The zero-order chi connectivity index (χ0) is 28.0. The predicted octanol–water partition coefficient (Wildman–Crippen LogP) is 4.48. The third-order valence-corrected chi connectivity index (χ3v) is 11.5. The Morgan fingerprint density at radius 3 is 2.38 bits per heavy atom. The van der Waals surface area contributed by atoms with E-state index in [2.05, 4.69) is 15.9 Å². The minimum Gasteiger partial charge on any atom is -0.504 e. The highest BCUT2D eigenvalue weighted by atomic mass is 79.9. The fourth-order valence-corrected chi connectivity index (χ4v) is 9.25. The number of hydrogen-bond donors (Lipinski definition) is 1. The van der Waals surface area contributed by atoms with E-state index >= 15 is 0 Å². The van der Waals surface area contributed by atoms with E-state index in [-0.39, 0.29) is 41.3 Å². The van der Waals surface area contributed by atoms with E-state index in [0.29, 0.717) is 16.5 Å². The minimum absolute atomic E-state index is 0.0695. The quantitative estimate of drug-likeness (QED) is 0.297. The van der Waals surface area contributed by atoms with Gasteiger partial charge in [-0.05, 0) is 43.7 Å². The molecular weight excluding hydrogens is 611 g/mol. The predicted molar refractivity (Wildman–Crippen MR) is 147 cm³/mol. The van der Waals surface area contributed by atoms with Crippen molar-refractivity contribution in [1.29, 1.82) is 0 Å². The van der Waals surface area contributed by atoms with Gasteiger partial charge in [-0.15, -0.1) is 23.2 Å². The number of phenols is 1. The average Bonchev–Trinajstić information content (AvgIpc) is 3.25. The number of imide groups is 2. The average molecular weight is 640 g/mol. The molecule has 6 atom stereocenters. The van der Waals surface area contributed by atoms with Gasteiger partial charge in [-0.25, -0.2) is 0 Å². The van der Waals surface area contributed by atoms with Crippen LogP contribution in [0.15, 0.2) is 28.3 Å². The van der Waals surface area contributed by atoms with Crippen molar-refractivity contribution in [3.8, 4) is 11.5 Å². The van der Waals surface area contributed by atoms with Crippen LogP contribution in [0.4, 0.5) is 0 Å². The summed E-state index contributed by atoms with van der Waals surface area (Å²) in [5.41, 5.74) is 0.897. The molecule has 6 rings (SSSR count). The van der Waals surface area contributed by atoms with Crippen LogP contribution < -0.4 is 4.74 Å². The lowest BCUT2D eigenvalue weighted by Crippen LogP contribution is -2.60. The van der Waals surface area contributed by atoms with Crippen LogP contribution in [0.2, 0.25) is 0 Å². The van der Waals surface area contributed by atoms with Crippen LogP contribution in [0.5, 0.6) is 11.5 Å². The van der Waals surface area contributed by atoms with Gasteiger partial charge in [-0.1, -0.05) is 46.8 Å². The monoisotopic (exact) mass is 638 g/mol. The van der Waals surface area contributed by atoms with E-state index < -0.39 is 45.2 Å². The van der Waals surface area contributed by atoms with Gasteiger partial charge in [0.05, 0.1) is 18.9 Å². The Morgan fingerprint density at radius 1 is 1.03 bits per heavy atom. The van der Waals surface area contributed by atoms with Crippen molar-refractivity contribution >= 4 is 62.8 Å². The van der Waals surface area contributed by atoms with E-state index in [1.807, 2.05) is 6.08 Å². The second-order valence-corrected chi connectivity index (χ2v) is 13.5. The molecule has 1 N–H and O–H groups in total. The van der Waals surface area contributed by atoms with Gasteiger partial charge in [0.25, 0.3) is 11.8 Å². The van der Waals surface area contributed by atoms with Crippen LogP contribution in [0.25, 0.3) is 0 Å². The number of aromatic hydroxyl groups is 1. The number of hydrogen-bond acceptors (Lipinski definition) is 6. The van der Waals surface area contributed by atoms with Crippen molar-refractivity contribution in [3.05, 3.63) is 33.8 Å². The number of rotatable bonds is 3. The zero-order valence-electron chi connectivity index (χ0n) is 21.6. The summed E-state index contributed by atoms with van der Waals surface area (Å²) in [6.45, 7) is 0. The summed E-state index contributed by atoms with van der Waals surface area (Å²) in [5.74, 6) is -4.77. The first-order valence-corrected chi connectivity index (χ1v) is 14.9. The lowest BCUT2D eigenvalue weighted by atomic mass is 9.56. The molecule has 6 unspecified atom stereocenters. The van der Waals surface area contributed by atoms with E-state index in [1.54, 1.807) is 12.1 Å². The van der Waals surface area contributed by atoms with Gasteiger partial charge in [0.1, 0.15) is 0 Å². The number of fused-ring (bicyclic) bond motifs is 4. The normalized spacial score (nSPS) is 36.6. The molecule has 1 aromatic carbocycles. The Bertz CT molecular complexity index is 1350. The maximum absolute atomic E-state index is 14.0. The summed E-state index contributed by atoms with van der Waals surface area (Å²) in [6, 6.07) is 3.09. The second kappa shape index (κ2) is 9.21. The van der Waals surface area contributed by atoms with E-state index in [4.69, 9.17) is 27.9 Å². The fourth-order valence-electron chi connectivity index (χ4n) is 7.78. The number of carbonyl (C=O) groups excluding carboxylic acids is 4. The highest BCUT2D eigenvalue weighted by Gasteiger charge is 2.76. The van der Waals surface area contributed by atoms with Crippen LogP contribution in [-0.2, 0) is 19.2 Å². The maximum Gasteiger partial charge on any atom is 0.253 e. The summed E-state index contributed by atoms with van der Waals surface area (Å²) in [6.07, 6.45) is 6.71. The maximum atomic E-state index is 14.0. The van der Waals surface area contributed by atoms with Gasteiger partial charge in [-0.2, -0.15) is 0 Å². The van der Waals surface area contributed by atoms with E-state index in [1.165, 1.54) is 19.1 Å². The molecule has 8 nitrogen and oxygen atoms in total. The number of nitrogens with zero attached hydrogens (tertiary/aromatic N) is 2. The molecule has 0 bridgehead atoms. The fraction of sp³-hybridized carbons (Fsp3) is 0.571. The second-order valence-electron chi connectivity index (χ2n) is 11.4. The summed E-state index contributed by atoms with van der Waals surface area (Å²) < 4.78 is 5.93. The Labute approximate surface area is 244 Å². The molecule has 2 saturated carbocycles. The third-order valence-electron chi connectivity index (χ3n) is 9.59. The smallest absolute Gasteiger partial charge is 0.253 e. The number of likely N-dealkylation sites (tertiary alicyclic amines) is 2. The molecule has 2 saturated heterocycles. The Hall–Kier alpha value is -2.10. The third kappa shape index (κ3) is 3.48. The van der Waals surface area contributed by atoms with Crippen LogP contribution in [-0.4, -0.2) is 68.5 Å². The Morgan fingerprint density at radius 2 is 1.72 bits per heavy atom. The molecule has 2 heterocycles. The lowest BCUT2D eigenvalue weighted by molar-refractivity contribution is -0.144. The standard InChI is InChI=1S/C28H29BrCl2N2O6/c1-32-25(37)27(30)12-18-15(8-9-16-20(18)24(36)33(23(16)35)14-6-4-3-5-7-14)21(28(27,31)26(32)38)17-10-13(29)11-19(39-2)22(17)34/h8,10-11,14,16,18,20-21,34H,3-7,9,12H2,1-2H3. The van der Waals surface area contributed by atoms with Gasteiger partial charge in [-0.3, -0.25) is 29.0 Å². The summed E-state index contributed by atoms with van der Waals surface area (Å²) in [7, 11) is 2.74. The molecule has 0 radical (unpaired) electrons. The number of benzene rings is 1. The molecule has 2 aliphatic heterocycles. The molecule has 208 valence electrons. The molecule has 5 aliphatic rings. The number of phenolic OH excluding ortho intramolecular Hbond substituents is 1. The molecule has 4 fully saturated rings. The molecule has 0 aromatic heterocycles. The molecule has 4 amide bonds. The first kappa shape index (κ1) is 27.1. The first-order valence-electron chi connectivity index (χ1n) is 13.3. The molecule has 3 aliphatic carbocycles. The summed E-state index contributed by atoms with van der Waals surface area (Å²) in [4.78, 5) is 53.4. The topological polar surface area (TPSA) is 104 Å². The van der Waals surface area contributed by atoms with Crippen molar-refractivity contribution in [2.24, 2.45) is 17.8 Å². The molecule has 0 spiro atoms. The van der Waals surface area contributed by atoms with Gasteiger partial charge in [0.15, 0.2) is 21.2 Å². The molecular formula is C28H29BrCl2N2O6. The number of halogens is 3. The Kier molecular flexibility index (Phi) is 6.40. The number of alkyl halides is 2. The number of carbonyl (C=O) groups is 4. The van der Waals surface area contributed by atoms with Crippen LogP contribution in [0.3, 0.4) is 0 Å². The van der Waals surface area contributed by atoms with Gasteiger partial charge in [0, 0.05) is 29.0 Å².